The lowest BCUT2D eigenvalue weighted by Crippen LogP contribution is -2.18. The van der Waals surface area contributed by atoms with Crippen LogP contribution >= 0.6 is 0 Å². The molecule has 0 radical (unpaired) electrons. The first kappa shape index (κ1) is 20.0. The lowest BCUT2D eigenvalue weighted by Gasteiger charge is -2.12. The molecule has 0 fully saturated rings. The van der Waals surface area contributed by atoms with Crippen LogP contribution in [0.4, 0.5) is 0 Å². The summed E-state index contributed by atoms with van der Waals surface area (Å²) in [4.78, 5) is 12.6. The number of fused-ring (bicyclic) bond motifs is 1. The summed E-state index contributed by atoms with van der Waals surface area (Å²) in [5.74, 6) is 1.57. The standard InChI is InChI=1S/C22H22N2O5/c1-26-18-12-16-8-6-5-7-15(16)11-17(18)22(25)24-23-13-14-9-19(27-2)21(29-4)20(10-14)28-3/h5-13H,1-4H3,(H,24,25). The maximum atomic E-state index is 12.6. The number of carbonyl (C=O) groups is 1. The molecule has 3 aromatic rings. The zero-order valence-corrected chi connectivity index (χ0v) is 16.7. The van der Waals surface area contributed by atoms with E-state index in [0.717, 1.165) is 10.8 Å². The van der Waals surface area contributed by atoms with Gasteiger partial charge in [-0.2, -0.15) is 5.10 Å². The molecule has 1 amide bonds. The molecule has 0 aliphatic carbocycles. The van der Waals surface area contributed by atoms with Crippen molar-refractivity contribution in [2.24, 2.45) is 5.10 Å². The number of nitrogens with zero attached hydrogens (tertiary/aromatic N) is 1. The van der Waals surface area contributed by atoms with Crippen molar-refractivity contribution in [2.45, 2.75) is 0 Å². The van der Waals surface area contributed by atoms with Gasteiger partial charge in [0.05, 0.1) is 40.2 Å². The summed E-state index contributed by atoms with van der Waals surface area (Å²) in [5, 5.41) is 5.97. The molecular weight excluding hydrogens is 372 g/mol. The largest absolute Gasteiger partial charge is 0.496 e. The number of hydrogen-bond donors (Lipinski definition) is 1. The van der Waals surface area contributed by atoms with Crippen LogP contribution in [0.2, 0.25) is 0 Å². The monoisotopic (exact) mass is 394 g/mol. The quantitative estimate of drug-likeness (QED) is 0.489. The molecule has 0 aliphatic rings. The first-order valence-corrected chi connectivity index (χ1v) is 8.81. The summed E-state index contributed by atoms with van der Waals surface area (Å²) in [6.07, 6.45) is 1.50. The van der Waals surface area contributed by atoms with Crippen molar-refractivity contribution in [3.05, 3.63) is 59.7 Å². The number of benzene rings is 3. The molecule has 3 aromatic carbocycles. The van der Waals surface area contributed by atoms with Gasteiger partial charge in [0, 0.05) is 5.56 Å². The van der Waals surface area contributed by atoms with Crippen molar-refractivity contribution < 1.29 is 23.7 Å². The molecule has 29 heavy (non-hydrogen) atoms. The second-order valence-corrected chi connectivity index (χ2v) is 6.06. The molecule has 150 valence electrons. The lowest BCUT2D eigenvalue weighted by molar-refractivity contribution is 0.0952. The van der Waals surface area contributed by atoms with Gasteiger partial charge in [-0.3, -0.25) is 4.79 Å². The molecule has 0 heterocycles. The van der Waals surface area contributed by atoms with Gasteiger partial charge < -0.3 is 18.9 Å². The SMILES string of the molecule is COc1cc2ccccc2cc1C(=O)NN=Cc1cc(OC)c(OC)c(OC)c1. The normalized spacial score (nSPS) is 10.8. The highest BCUT2D eigenvalue weighted by Crippen LogP contribution is 2.37. The maximum absolute atomic E-state index is 12.6. The van der Waals surface area contributed by atoms with Crippen molar-refractivity contribution in [3.63, 3.8) is 0 Å². The Labute approximate surface area is 168 Å². The zero-order valence-electron chi connectivity index (χ0n) is 16.7. The third-order valence-electron chi connectivity index (χ3n) is 4.38. The Morgan fingerprint density at radius 3 is 1.97 bits per heavy atom. The minimum atomic E-state index is -0.378. The molecule has 7 nitrogen and oxygen atoms in total. The van der Waals surface area contributed by atoms with Crippen LogP contribution in [0.1, 0.15) is 15.9 Å². The topological polar surface area (TPSA) is 78.4 Å². The van der Waals surface area contributed by atoms with Gasteiger partial charge in [0.15, 0.2) is 11.5 Å². The van der Waals surface area contributed by atoms with Gasteiger partial charge in [-0.1, -0.05) is 24.3 Å². The maximum Gasteiger partial charge on any atom is 0.275 e. The van der Waals surface area contributed by atoms with Crippen LogP contribution in [0.3, 0.4) is 0 Å². The first-order valence-electron chi connectivity index (χ1n) is 8.81. The molecule has 0 unspecified atom stereocenters. The van der Waals surface area contributed by atoms with E-state index in [1.54, 1.807) is 18.2 Å². The number of nitrogens with one attached hydrogen (secondary N) is 1. The zero-order chi connectivity index (χ0) is 20.8. The molecule has 0 spiro atoms. The number of rotatable bonds is 7. The predicted molar refractivity (Wildman–Crippen MR) is 112 cm³/mol. The predicted octanol–water partition coefficient (Wildman–Crippen LogP) is 3.64. The third-order valence-corrected chi connectivity index (χ3v) is 4.38. The molecule has 0 saturated carbocycles. The van der Waals surface area contributed by atoms with E-state index in [9.17, 15) is 4.79 Å². The van der Waals surface area contributed by atoms with Gasteiger partial charge in [0.2, 0.25) is 5.75 Å². The Hall–Kier alpha value is -3.74. The smallest absolute Gasteiger partial charge is 0.275 e. The highest BCUT2D eigenvalue weighted by atomic mass is 16.5. The third kappa shape index (κ3) is 4.24. The summed E-state index contributed by atoms with van der Waals surface area (Å²) >= 11 is 0. The number of hydrazone groups is 1. The number of amides is 1. The average Bonchev–Trinajstić information content (AvgIpc) is 2.77. The minimum Gasteiger partial charge on any atom is -0.496 e. The minimum absolute atomic E-state index is 0.378. The summed E-state index contributed by atoms with van der Waals surface area (Å²) in [6, 6.07) is 14.8. The Morgan fingerprint density at radius 2 is 1.41 bits per heavy atom. The van der Waals surface area contributed by atoms with Crippen LogP contribution in [0.15, 0.2) is 53.6 Å². The highest BCUT2D eigenvalue weighted by molar-refractivity contribution is 6.02. The van der Waals surface area contributed by atoms with E-state index < -0.39 is 0 Å². The molecule has 0 saturated heterocycles. The van der Waals surface area contributed by atoms with Crippen molar-refractivity contribution in [1.29, 1.82) is 0 Å². The second kappa shape index (κ2) is 8.97. The Bertz CT molecular complexity index is 1040. The number of ether oxygens (including phenoxy) is 4. The Kier molecular flexibility index (Phi) is 6.19. The van der Waals surface area contributed by atoms with Crippen LogP contribution in [0.25, 0.3) is 10.8 Å². The van der Waals surface area contributed by atoms with Crippen LogP contribution in [0, 0.1) is 0 Å². The first-order chi connectivity index (χ1) is 14.1. The van der Waals surface area contributed by atoms with E-state index in [1.165, 1.54) is 34.7 Å². The Morgan fingerprint density at radius 1 is 0.828 bits per heavy atom. The van der Waals surface area contributed by atoms with Gasteiger partial charge in [-0.05, 0) is 35.0 Å². The lowest BCUT2D eigenvalue weighted by atomic mass is 10.1. The van der Waals surface area contributed by atoms with Crippen LogP contribution in [-0.4, -0.2) is 40.6 Å². The molecule has 0 aromatic heterocycles. The highest BCUT2D eigenvalue weighted by Gasteiger charge is 2.14. The van der Waals surface area contributed by atoms with Gasteiger partial charge in [0.25, 0.3) is 5.91 Å². The molecular formula is C22H22N2O5. The van der Waals surface area contributed by atoms with Gasteiger partial charge >= 0.3 is 0 Å². The van der Waals surface area contributed by atoms with Gasteiger partial charge in [-0.15, -0.1) is 0 Å². The molecule has 0 aliphatic heterocycles. The molecule has 0 atom stereocenters. The van der Waals surface area contributed by atoms with Crippen LogP contribution in [0.5, 0.6) is 23.0 Å². The van der Waals surface area contributed by atoms with E-state index in [2.05, 4.69) is 10.5 Å². The van der Waals surface area contributed by atoms with Crippen LogP contribution < -0.4 is 24.4 Å². The molecule has 0 bridgehead atoms. The number of methoxy groups -OCH3 is 4. The van der Waals surface area contributed by atoms with Crippen molar-refractivity contribution in [3.8, 4) is 23.0 Å². The van der Waals surface area contributed by atoms with Crippen molar-refractivity contribution >= 4 is 22.9 Å². The molecule has 1 N–H and O–H groups in total. The van der Waals surface area contributed by atoms with Crippen molar-refractivity contribution in [2.75, 3.05) is 28.4 Å². The fourth-order valence-corrected chi connectivity index (χ4v) is 2.97. The summed E-state index contributed by atoms with van der Waals surface area (Å²) in [7, 11) is 6.13. The summed E-state index contributed by atoms with van der Waals surface area (Å²) in [6.45, 7) is 0. The Balaban J connectivity index is 1.84. The fourth-order valence-electron chi connectivity index (χ4n) is 2.97. The van der Waals surface area contributed by atoms with E-state index in [4.69, 9.17) is 18.9 Å². The van der Waals surface area contributed by atoms with E-state index in [1.807, 2.05) is 30.3 Å². The fraction of sp³-hybridized carbons (Fsp3) is 0.182. The number of hydrogen-bond acceptors (Lipinski definition) is 6. The second-order valence-electron chi connectivity index (χ2n) is 6.06. The summed E-state index contributed by atoms with van der Waals surface area (Å²) in [5.41, 5.74) is 3.60. The van der Waals surface area contributed by atoms with E-state index in [-0.39, 0.29) is 5.91 Å². The van der Waals surface area contributed by atoms with E-state index >= 15 is 0 Å². The van der Waals surface area contributed by atoms with Gasteiger partial charge in [0.1, 0.15) is 5.75 Å². The summed E-state index contributed by atoms with van der Waals surface area (Å²) < 4.78 is 21.3. The number of carbonyl (C=O) groups excluding carboxylic acids is 1. The van der Waals surface area contributed by atoms with E-state index in [0.29, 0.717) is 34.1 Å². The van der Waals surface area contributed by atoms with Gasteiger partial charge in [-0.25, -0.2) is 5.43 Å². The van der Waals surface area contributed by atoms with Crippen molar-refractivity contribution in [1.82, 2.24) is 5.43 Å². The molecule has 7 heteroatoms. The molecule has 3 rings (SSSR count). The van der Waals surface area contributed by atoms with Crippen LogP contribution in [-0.2, 0) is 0 Å². The average molecular weight is 394 g/mol.